The van der Waals surface area contributed by atoms with Gasteiger partial charge in [0.15, 0.2) is 6.29 Å². The molecule has 5 nitrogen and oxygen atoms in total. The largest absolute Gasteiger partial charge is 0.344 e. The summed E-state index contributed by atoms with van der Waals surface area (Å²) < 4.78 is 1.57. The maximum Gasteiger partial charge on any atom is 0.245 e. The zero-order valence-corrected chi connectivity index (χ0v) is 9.17. The lowest BCUT2D eigenvalue weighted by Gasteiger charge is -2.21. The Bertz CT molecular complexity index is 359. The van der Waals surface area contributed by atoms with Gasteiger partial charge in [-0.15, -0.1) is 0 Å². The second-order valence-electron chi connectivity index (χ2n) is 3.37. The van der Waals surface area contributed by atoms with Crippen molar-refractivity contribution in [3.63, 3.8) is 0 Å². The highest BCUT2D eigenvalue weighted by molar-refractivity contribution is 5.81. The van der Waals surface area contributed by atoms with Crippen molar-refractivity contribution in [1.29, 1.82) is 0 Å². The molecule has 0 saturated heterocycles. The number of likely N-dealkylation sites (N-methyl/N-ethyl adjacent to an activating group) is 1. The summed E-state index contributed by atoms with van der Waals surface area (Å²) in [4.78, 5) is 27.9. The first kappa shape index (κ1) is 11.4. The van der Waals surface area contributed by atoms with Crippen LogP contribution in [0.3, 0.4) is 0 Å². The Morgan fingerprint density at radius 1 is 1.73 bits per heavy atom. The Labute approximate surface area is 88.7 Å². The van der Waals surface area contributed by atoms with Crippen molar-refractivity contribution in [2.24, 2.45) is 0 Å². The molecule has 0 aliphatic heterocycles. The van der Waals surface area contributed by atoms with Crippen LogP contribution in [0.4, 0.5) is 0 Å². The molecule has 82 valence electrons. The van der Waals surface area contributed by atoms with E-state index in [1.165, 1.54) is 12.5 Å². The van der Waals surface area contributed by atoms with Crippen LogP contribution in [0.1, 0.15) is 30.4 Å². The van der Waals surface area contributed by atoms with E-state index in [4.69, 9.17) is 0 Å². The second-order valence-corrected chi connectivity index (χ2v) is 3.37. The number of amides is 1. The molecule has 0 spiro atoms. The number of hydrogen-bond donors (Lipinski definition) is 0. The summed E-state index contributed by atoms with van der Waals surface area (Å²) in [5.41, 5.74) is 0.417. The molecular formula is C10H15N3O2. The van der Waals surface area contributed by atoms with E-state index in [0.29, 0.717) is 18.5 Å². The highest BCUT2D eigenvalue weighted by Crippen LogP contribution is 2.11. The van der Waals surface area contributed by atoms with Crippen LogP contribution in [0.15, 0.2) is 12.5 Å². The van der Waals surface area contributed by atoms with Crippen molar-refractivity contribution >= 4 is 12.2 Å². The molecular weight excluding hydrogens is 194 g/mol. The molecule has 0 radical (unpaired) electrons. The normalized spacial score (nSPS) is 12.2. The fourth-order valence-electron chi connectivity index (χ4n) is 1.32. The van der Waals surface area contributed by atoms with Gasteiger partial charge in [-0.3, -0.25) is 9.59 Å². The highest BCUT2D eigenvalue weighted by atomic mass is 16.2. The van der Waals surface area contributed by atoms with Gasteiger partial charge in [0.05, 0.1) is 12.5 Å². The van der Waals surface area contributed by atoms with E-state index in [9.17, 15) is 9.59 Å². The van der Waals surface area contributed by atoms with E-state index in [-0.39, 0.29) is 5.91 Å². The lowest BCUT2D eigenvalue weighted by Crippen LogP contribution is -2.33. The molecule has 1 atom stereocenters. The van der Waals surface area contributed by atoms with Gasteiger partial charge in [0.25, 0.3) is 0 Å². The molecule has 0 saturated carbocycles. The van der Waals surface area contributed by atoms with Gasteiger partial charge >= 0.3 is 0 Å². The maximum absolute atomic E-state index is 11.8. The molecule has 0 aliphatic carbocycles. The molecule has 0 N–H and O–H groups in total. The highest BCUT2D eigenvalue weighted by Gasteiger charge is 2.19. The van der Waals surface area contributed by atoms with Crippen LogP contribution in [0.25, 0.3) is 0 Å². The van der Waals surface area contributed by atoms with Gasteiger partial charge in [0.2, 0.25) is 5.91 Å². The Kier molecular flexibility index (Phi) is 3.60. The summed E-state index contributed by atoms with van der Waals surface area (Å²) in [6, 6.07) is -0.391. The number of nitrogens with zero attached hydrogens (tertiary/aromatic N) is 3. The van der Waals surface area contributed by atoms with E-state index < -0.39 is 6.04 Å². The van der Waals surface area contributed by atoms with E-state index in [0.717, 1.165) is 0 Å². The van der Waals surface area contributed by atoms with Crippen molar-refractivity contribution in [2.75, 3.05) is 13.6 Å². The number of aldehydes is 1. The van der Waals surface area contributed by atoms with Crippen LogP contribution in [0.5, 0.6) is 0 Å². The Balaban J connectivity index is 2.89. The molecule has 0 fully saturated rings. The first-order valence-electron chi connectivity index (χ1n) is 4.83. The third-order valence-electron chi connectivity index (χ3n) is 2.44. The number of imidazole rings is 1. The standard InChI is InChI=1S/C10H15N3O2/c1-4-12(3)10(15)8(2)13-7-11-5-9(13)6-14/h5-8H,4H2,1-3H3. The molecule has 1 aromatic rings. The second kappa shape index (κ2) is 4.72. The lowest BCUT2D eigenvalue weighted by molar-refractivity contribution is -0.132. The summed E-state index contributed by atoms with van der Waals surface area (Å²) in [6.45, 7) is 4.30. The molecule has 1 aromatic heterocycles. The smallest absolute Gasteiger partial charge is 0.245 e. The van der Waals surface area contributed by atoms with Crippen LogP contribution in [-0.2, 0) is 4.79 Å². The molecule has 1 unspecified atom stereocenters. The predicted molar refractivity (Wildman–Crippen MR) is 55.6 cm³/mol. The average Bonchev–Trinajstić information content (AvgIpc) is 2.73. The maximum atomic E-state index is 11.8. The zero-order chi connectivity index (χ0) is 11.4. The average molecular weight is 209 g/mol. The molecule has 1 amide bonds. The van der Waals surface area contributed by atoms with Crippen molar-refractivity contribution in [1.82, 2.24) is 14.5 Å². The molecule has 0 bridgehead atoms. The summed E-state index contributed by atoms with van der Waals surface area (Å²) in [6.07, 6.45) is 3.64. The number of hydrogen-bond acceptors (Lipinski definition) is 3. The van der Waals surface area contributed by atoms with E-state index >= 15 is 0 Å². The van der Waals surface area contributed by atoms with Gasteiger partial charge in [-0.25, -0.2) is 4.98 Å². The fraction of sp³-hybridized carbons (Fsp3) is 0.500. The monoisotopic (exact) mass is 209 g/mol. The number of carbonyl (C=O) groups excluding carboxylic acids is 2. The summed E-state index contributed by atoms with van der Waals surface area (Å²) >= 11 is 0. The minimum absolute atomic E-state index is 0.0291. The van der Waals surface area contributed by atoms with Gasteiger partial charge in [0, 0.05) is 13.6 Å². The number of aromatic nitrogens is 2. The number of rotatable bonds is 4. The first-order valence-corrected chi connectivity index (χ1v) is 4.83. The van der Waals surface area contributed by atoms with Crippen LogP contribution in [0.2, 0.25) is 0 Å². The van der Waals surface area contributed by atoms with Crippen LogP contribution in [-0.4, -0.2) is 40.2 Å². The van der Waals surface area contributed by atoms with Crippen molar-refractivity contribution in [3.8, 4) is 0 Å². The number of carbonyl (C=O) groups is 2. The van der Waals surface area contributed by atoms with E-state index in [1.807, 2.05) is 6.92 Å². The SMILES string of the molecule is CCN(C)C(=O)C(C)n1cncc1C=O. The molecule has 0 aliphatic rings. The van der Waals surface area contributed by atoms with Gasteiger partial charge in [-0.2, -0.15) is 0 Å². The fourth-order valence-corrected chi connectivity index (χ4v) is 1.32. The van der Waals surface area contributed by atoms with Gasteiger partial charge in [0.1, 0.15) is 11.7 Å². The first-order chi connectivity index (χ1) is 7.11. The van der Waals surface area contributed by atoms with Gasteiger partial charge in [-0.05, 0) is 13.8 Å². The van der Waals surface area contributed by atoms with Crippen molar-refractivity contribution in [3.05, 3.63) is 18.2 Å². The molecule has 1 heterocycles. The van der Waals surface area contributed by atoms with E-state index in [1.54, 1.807) is 23.4 Å². The Morgan fingerprint density at radius 2 is 2.40 bits per heavy atom. The lowest BCUT2D eigenvalue weighted by atomic mass is 10.2. The van der Waals surface area contributed by atoms with Crippen molar-refractivity contribution < 1.29 is 9.59 Å². The van der Waals surface area contributed by atoms with E-state index in [2.05, 4.69) is 4.98 Å². The van der Waals surface area contributed by atoms with Gasteiger partial charge in [-0.1, -0.05) is 0 Å². The Hall–Kier alpha value is -1.65. The topological polar surface area (TPSA) is 55.2 Å². The van der Waals surface area contributed by atoms with Crippen LogP contribution in [0, 0.1) is 0 Å². The quantitative estimate of drug-likeness (QED) is 0.687. The Morgan fingerprint density at radius 3 is 2.93 bits per heavy atom. The molecule has 1 rings (SSSR count). The van der Waals surface area contributed by atoms with Gasteiger partial charge < -0.3 is 9.47 Å². The third kappa shape index (κ3) is 2.23. The minimum Gasteiger partial charge on any atom is -0.344 e. The summed E-state index contributed by atoms with van der Waals surface area (Å²) in [5.74, 6) is -0.0291. The molecule has 15 heavy (non-hydrogen) atoms. The zero-order valence-electron chi connectivity index (χ0n) is 9.17. The molecule has 5 heteroatoms. The van der Waals surface area contributed by atoms with Crippen LogP contribution < -0.4 is 0 Å². The van der Waals surface area contributed by atoms with Crippen LogP contribution >= 0.6 is 0 Å². The minimum atomic E-state index is -0.391. The molecule has 0 aromatic carbocycles. The summed E-state index contributed by atoms with van der Waals surface area (Å²) in [7, 11) is 1.73. The third-order valence-corrected chi connectivity index (χ3v) is 2.44. The summed E-state index contributed by atoms with van der Waals surface area (Å²) in [5, 5.41) is 0. The predicted octanol–water partition coefficient (Wildman–Crippen LogP) is 0.735. The van der Waals surface area contributed by atoms with Crippen molar-refractivity contribution in [2.45, 2.75) is 19.9 Å².